The van der Waals surface area contributed by atoms with Crippen LogP contribution in [0, 0.1) is 5.82 Å². The van der Waals surface area contributed by atoms with E-state index < -0.39 is 48.1 Å². The van der Waals surface area contributed by atoms with E-state index in [1.165, 1.54) is 12.3 Å². The summed E-state index contributed by atoms with van der Waals surface area (Å²) in [5, 5.41) is 17.0. The molecule has 2 N–H and O–H groups in total. The summed E-state index contributed by atoms with van der Waals surface area (Å²) in [6.07, 6.45) is 3.07. The van der Waals surface area contributed by atoms with Gasteiger partial charge < -0.3 is 20.1 Å². The summed E-state index contributed by atoms with van der Waals surface area (Å²) in [6, 6.07) is 7.41. The third kappa shape index (κ3) is 8.05. The predicted octanol–water partition coefficient (Wildman–Crippen LogP) is 5.83. The molecule has 0 aliphatic carbocycles. The van der Waals surface area contributed by atoms with Gasteiger partial charge >= 0.3 is 5.51 Å². The number of hydrogen-bond donors (Lipinski definition) is 2. The van der Waals surface area contributed by atoms with Crippen LogP contribution in [0.15, 0.2) is 47.6 Å². The van der Waals surface area contributed by atoms with Crippen LogP contribution in [0.25, 0.3) is 11.3 Å². The number of carbonyl (C=O) groups is 1. The number of rotatable bonds is 10. The van der Waals surface area contributed by atoms with E-state index in [4.69, 9.17) is 4.74 Å². The molecule has 0 spiro atoms. The van der Waals surface area contributed by atoms with Crippen molar-refractivity contribution in [2.75, 3.05) is 29.9 Å². The van der Waals surface area contributed by atoms with E-state index in [0.717, 1.165) is 18.2 Å². The zero-order chi connectivity index (χ0) is 29.1. The van der Waals surface area contributed by atoms with Crippen LogP contribution < -0.4 is 10.2 Å². The van der Waals surface area contributed by atoms with Gasteiger partial charge in [0.2, 0.25) is 0 Å². The zero-order valence-electron chi connectivity index (χ0n) is 22.3. The van der Waals surface area contributed by atoms with Gasteiger partial charge in [-0.05, 0) is 54.6 Å². The molecule has 1 amide bonds. The lowest BCUT2D eigenvalue weighted by molar-refractivity contribution is -0.0329. The number of carbonyl (C=O) groups excluding carboxylic acids is 1. The molecule has 8 nitrogen and oxygen atoms in total. The Morgan fingerprint density at radius 2 is 2.02 bits per heavy atom. The second kappa shape index (κ2) is 12.3. The highest BCUT2D eigenvalue weighted by molar-refractivity contribution is 8.00. The fraction of sp³-hybridized carbons (Fsp3) is 0.423. The van der Waals surface area contributed by atoms with Crippen molar-refractivity contribution < 1.29 is 32.2 Å². The van der Waals surface area contributed by atoms with Crippen LogP contribution in [-0.2, 0) is 11.5 Å². The minimum atomic E-state index is -4.63. The maximum Gasteiger partial charge on any atom is 0.446 e. The average Bonchev–Trinajstić information content (AvgIpc) is 3.51. The van der Waals surface area contributed by atoms with Gasteiger partial charge in [-0.3, -0.25) is 4.79 Å². The number of nitrogens with one attached hydrogen (secondary N) is 1. The molecule has 1 aliphatic rings. The Bertz CT molecular complexity index is 1350. The molecular weight excluding hydrogens is 566 g/mol. The molecule has 0 unspecified atom stereocenters. The Morgan fingerprint density at radius 3 is 2.67 bits per heavy atom. The number of hydrogen-bond acceptors (Lipinski definition) is 7. The van der Waals surface area contributed by atoms with Gasteiger partial charge in [0, 0.05) is 51.4 Å². The third-order valence-electron chi connectivity index (χ3n) is 6.21. The SMILES string of the molecule is C[Si](C)(C)CCOCn1nccc1-c1cc(C(=O)Nc2ccc(SC(F)(F)F)c(F)c2)cnc1N1CC[C@@H](O)C1. The van der Waals surface area contributed by atoms with Gasteiger partial charge in [0.1, 0.15) is 18.4 Å². The monoisotopic (exact) mass is 597 g/mol. The summed E-state index contributed by atoms with van der Waals surface area (Å²) >= 11 is -0.562. The van der Waals surface area contributed by atoms with Gasteiger partial charge in [-0.25, -0.2) is 14.1 Å². The summed E-state index contributed by atoms with van der Waals surface area (Å²) in [6.45, 7) is 8.55. The molecule has 1 aliphatic heterocycles. The molecule has 0 bridgehead atoms. The van der Waals surface area contributed by atoms with E-state index in [1.807, 2.05) is 4.90 Å². The summed E-state index contributed by atoms with van der Waals surface area (Å²) in [5.74, 6) is -1.15. The number of halogens is 4. The first-order valence-electron chi connectivity index (χ1n) is 12.7. The number of nitrogens with zero attached hydrogens (tertiary/aromatic N) is 4. The minimum Gasteiger partial charge on any atom is -0.391 e. The molecule has 1 saturated heterocycles. The second-order valence-electron chi connectivity index (χ2n) is 10.7. The molecule has 40 heavy (non-hydrogen) atoms. The van der Waals surface area contributed by atoms with Crippen LogP contribution in [-0.4, -0.2) is 65.2 Å². The molecule has 0 saturated carbocycles. The average molecular weight is 598 g/mol. The summed E-state index contributed by atoms with van der Waals surface area (Å²) in [4.78, 5) is 18.9. The van der Waals surface area contributed by atoms with Gasteiger partial charge in [0.25, 0.3) is 5.91 Å². The Kier molecular flexibility index (Phi) is 9.22. The largest absolute Gasteiger partial charge is 0.446 e. The van der Waals surface area contributed by atoms with Crippen LogP contribution in [0.1, 0.15) is 16.8 Å². The molecule has 1 fully saturated rings. The molecule has 1 atom stereocenters. The number of pyridine rings is 1. The van der Waals surface area contributed by atoms with Crippen LogP contribution in [0.5, 0.6) is 0 Å². The van der Waals surface area contributed by atoms with Crippen LogP contribution in [0.2, 0.25) is 25.7 Å². The van der Waals surface area contributed by atoms with E-state index in [0.29, 0.717) is 43.2 Å². The van der Waals surface area contributed by atoms with Gasteiger partial charge in [0.05, 0.1) is 22.3 Å². The fourth-order valence-electron chi connectivity index (χ4n) is 4.14. The van der Waals surface area contributed by atoms with E-state index >= 15 is 0 Å². The molecule has 1 aromatic carbocycles. The predicted molar refractivity (Wildman–Crippen MR) is 149 cm³/mol. The number of anilines is 2. The van der Waals surface area contributed by atoms with Crippen LogP contribution in [0.3, 0.4) is 0 Å². The van der Waals surface area contributed by atoms with E-state index in [9.17, 15) is 27.5 Å². The van der Waals surface area contributed by atoms with Crippen LogP contribution >= 0.6 is 11.8 Å². The number of β-amino-alcohol motifs (C(OH)–C–C–N with tert-alkyl or cyclic N) is 1. The smallest absolute Gasteiger partial charge is 0.391 e. The number of aliphatic hydroxyl groups excluding tert-OH is 1. The van der Waals surface area contributed by atoms with E-state index in [1.54, 1.807) is 23.0 Å². The lowest BCUT2D eigenvalue weighted by atomic mass is 10.1. The molecule has 14 heteroatoms. The molecule has 3 heterocycles. The first-order valence-corrected chi connectivity index (χ1v) is 17.2. The van der Waals surface area contributed by atoms with Gasteiger partial charge in [-0.2, -0.15) is 18.3 Å². The van der Waals surface area contributed by atoms with Crippen LogP contribution in [0.4, 0.5) is 29.1 Å². The lowest BCUT2D eigenvalue weighted by Gasteiger charge is -2.21. The van der Waals surface area contributed by atoms with E-state index in [2.05, 4.69) is 35.0 Å². The minimum absolute atomic E-state index is 0.00292. The normalized spacial score (nSPS) is 16.0. The number of amides is 1. The molecule has 216 valence electrons. The highest BCUT2D eigenvalue weighted by atomic mass is 32.2. The molecule has 0 radical (unpaired) electrons. The number of benzene rings is 1. The topological polar surface area (TPSA) is 92.5 Å². The molecular formula is C26H31F4N5O3SSi. The van der Waals surface area contributed by atoms with E-state index in [-0.39, 0.29) is 18.0 Å². The number of alkyl halides is 3. The summed E-state index contributed by atoms with van der Waals surface area (Å²) in [7, 11) is -1.27. The van der Waals surface area contributed by atoms with Gasteiger partial charge in [-0.1, -0.05) is 19.6 Å². The van der Waals surface area contributed by atoms with Crippen molar-refractivity contribution in [3.63, 3.8) is 0 Å². The van der Waals surface area contributed by atoms with Crippen molar-refractivity contribution in [1.82, 2.24) is 14.8 Å². The quantitative estimate of drug-likeness (QED) is 0.131. The first kappa shape index (κ1) is 30.0. The Hall–Kier alpha value is -2.94. The second-order valence-corrected chi connectivity index (χ2v) is 17.4. The third-order valence-corrected chi connectivity index (χ3v) is 8.70. The van der Waals surface area contributed by atoms with Crippen molar-refractivity contribution >= 4 is 37.2 Å². The number of ether oxygens (including phenoxy) is 1. The highest BCUT2D eigenvalue weighted by Crippen LogP contribution is 2.39. The number of aromatic nitrogens is 3. The molecule has 3 aromatic rings. The number of aliphatic hydroxyl groups is 1. The summed E-state index contributed by atoms with van der Waals surface area (Å²) in [5.41, 5.74) is -3.22. The molecule has 4 rings (SSSR count). The van der Waals surface area contributed by atoms with Crippen molar-refractivity contribution in [2.24, 2.45) is 0 Å². The first-order chi connectivity index (χ1) is 18.8. The van der Waals surface area contributed by atoms with Crippen molar-refractivity contribution in [1.29, 1.82) is 0 Å². The Labute approximate surface area is 234 Å². The fourth-order valence-corrected chi connectivity index (χ4v) is 5.44. The highest BCUT2D eigenvalue weighted by Gasteiger charge is 2.31. The van der Waals surface area contributed by atoms with Gasteiger partial charge in [-0.15, -0.1) is 0 Å². The van der Waals surface area contributed by atoms with Crippen molar-refractivity contribution in [3.05, 3.63) is 54.1 Å². The maximum atomic E-state index is 14.2. The van der Waals surface area contributed by atoms with Gasteiger partial charge in [0.15, 0.2) is 0 Å². The van der Waals surface area contributed by atoms with Crippen molar-refractivity contribution in [3.8, 4) is 11.3 Å². The molecule has 2 aromatic heterocycles. The summed E-state index contributed by atoms with van der Waals surface area (Å²) < 4.78 is 59.7. The Morgan fingerprint density at radius 1 is 1.25 bits per heavy atom. The zero-order valence-corrected chi connectivity index (χ0v) is 24.2. The van der Waals surface area contributed by atoms with Crippen molar-refractivity contribution in [2.45, 2.75) is 55.3 Å². The lowest BCUT2D eigenvalue weighted by Crippen LogP contribution is -2.24. The standard InChI is InChI=1S/C26H31F4N5O3SSi/c1-40(2,3)11-10-38-16-35-22(6-8-32-35)20-12-17(14-31-24(20)34-9-7-19(36)15-34)25(37)33-18-4-5-23(21(27)13-18)39-26(28,29)30/h4-6,8,12-14,19,36H,7,9-11,15-16H2,1-3H3,(H,33,37)/t19-/m1/s1. The Balaban J connectivity index is 1.58. The number of thioether (sulfide) groups is 1. The maximum absolute atomic E-state index is 14.2.